The fourth-order valence-corrected chi connectivity index (χ4v) is 4.32. The van der Waals surface area contributed by atoms with E-state index in [1.165, 1.54) is 6.92 Å². The summed E-state index contributed by atoms with van der Waals surface area (Å²) in [6, 6.07) is -1.88. The van der Waals surface area contributed by atoms with E-state index in [-0.39, 0.29) is 24.7 Å². The van der Waals surface area contributed by atoms with Crippen LogP contribution in [0.3, 0.4) is 0 Å². The van der Waals surface area contributed by atoms with Gasteiger partial charge in [0.1, 0.15) is 18.3 Å². The van der Waals surface area contributed by atoms with Crippen LogP contribution in [0.1, 0.15) is 47.0 Å². The predicted octanol–water partition coefficient (Wildman–Crippen LogP) is -0.888. The van der Waals surface area contributed by atoms with Crippen LogP contribution in [-0.4, -0.2) is 105 Å². The standard InChI is InChI=1S/C22H37N3O10/c1-5-14(6-2)35-17-9-13(21(30)33-7-3)8-15(18(17)23-12(4)26)25(24-32)11-22(31)20(29)19(28)16(27)10-34-22/h9,14-20,27-29,31H,5-8,10-11H2,1-4H3,(H,23,26)/t15-,16+,17?,18+,19+,20-,22?/m0/s1. The number of aliphatic hydroxyl groups excluding tert-OH is 3. The molecule has 0 saturated carbocycles. The lowest BCUT2D eigenvalue weighted by molar-refractivity contribution is -0.327. The van der Waals surface area contributed by atoms with Crippen LogP contribution in [0.4, 0.5) is 0 Å². The molecule has 0 radical (unpaired) electrons. The van der Waals surface area contributed by atoms with Gasteiger partial charge in [0.15, 0.2) is 0 Å². The van der Waals surface area contributed by atoms with Crippen molar-refractivity contribution in [3.8, 4) is 0 Å². The molecule has 2 rings (SSSR count). The quantitative estimate of drug-likeness (QED) is 0.134. The summed E-state index contributed by atoms with van der Waals surface area (Å²) in [6.07, 6.45) is -3.43. The fourth-order valence-electron chi connectivity index (χ4n) is 4.32. The SMILES string of the molecule is CCOC(=O)C1=CC(OC(CC)CC)[C@H](NC(C)=O)[C@@H](N(CC2(O)OC[C@@H](O)[C@@H](O)[C@@H]2O)N=O)C1. The van der Waals surface area contributed by atoms with Crippen LogP contribution in [0.5, 0.6) is 0 Å². The van der Waals surface area contributed by atoms with Crippen LogP contribution in [0.15, 0.2) is 16.9 Å². The van der Waals surface area contributed by atoms with E-state index in [1.807, 2.05) is 13.8 Å². The molecule has 1 amide bonds. The molecule has 0 aromatic rings. The number of ether oxygens (including phenoxy) is 3. The van der Waals surface area contributed by atoms with Crippen molar-refractivity contribution in [2.45, 2.75) is 95.3 Å². The molecule has 0 aromatic heterocycles. The maximum absolute atomic E-state index is 12.6. The Morgan fingerprint density at radius 3 is 2.49 bits per heavy atom. The molecule has 7 atom stereocenters. The monoisotopic (exact) mass is 503 g/mol. The minimum atomic E-state index is -2.47. The number of amides is 1. The van der Waals surface area contributed by atoms with Crippen molar-refractivity contribution < 1.29 is 44.2 Å². The van der Waals surface area contributed by atoms with E-state index in [4.69, 9.17) is 14.2 Å². The third-order valence-electron chi connectivity index (χ3n) is 6.29. The number of esters is 1. The Morgan fingerprint density at radius 2 is 1.94 bits per heavy atom. The average molecular weight is 504 g/mol. The first-order valence-corrected chi connectivity index (χ1v) is 11.8. The lowest BCUT2D eigenvalue weighted by Crippen LogP contribution is -2.67. The van der Waals surface area contributed by atoms with Crippen LogP contribution in [0, 0.1) is 4.91 Å². The zero-order valence-corrected chi connectivity index (χ0v) is 20.5. The molecule has 200 valence electrons. The number of nitrogens with one attached hydrogen (secondary N) is 1. The second-order valence-corrected chi connectivity index (χ2v) is 8.79. The van der Waals surface area contributed by atoms with Crippen molar-refractivity contribution in [1.82, 2.24) is 10.3 Å². The van der Waals surface area contributed by atoms with Crippen LogP contribution in [0.25, 0.3) is 0 Å². The molecule has 1 aliphatic carbocycles. The molecule has 0 spiro atoms. The molecule has 5 N–H and O–H groups in total. The van der Waals surface area contributed by atoms with Gasteiger partial charge in [0, 0.05) is 18.9 Å². The molecule has 0 aromatic carbocycles. The third kappa shape index (κ3) is 6.96. The Balaban J connectivity index is 2.45. The minimum absolute atomic E-state index is 0.102. The third-order valence-corrected chi connectivity index (χ3v) is 6.29. The summed E-state index contributed by atoms with van der Waals surface area (Å²) in [5.74, 6) is -3.53. The van der Waals surface area contributed by atoms with E-state index >= 15 is 0 Å². The Hall–Kier alpha value is -2.16. The molecular weight excluding hydrogens is 466 g/mol. The van der Waals surface area contributed by atoms with Crippen LogP contribution >= 0.6 is 0 Å². The molecule has 35 heavy (non-hydrogen) atoms. The maximum atomic E-state index is 12.6. The number of hydrogen-bond donors (Lipinski definition) is 5. The second-order valence-electron chi connectivity index (χ2n) is 8.79. The normalized spacial score (nSPS) is 33.1. The number of nitrogens with zero attached hydrogens (tertiary/aromatic N) is 2. The van der Waals surface area contributed by atoms with Gasteiger partial charge < -0.3 is 40.0 Å². The molecule has 13 heteroatoms. The molecule has 1 aliphatic heterocycles. The van der Waals surface area contributed by atoms with Crippen LogP contribution < -0.4 is 5.32 Å². The van der Waals surface area contributed by atoms with Crippen molar-refractivity contribution in [1.29, 1.82) is 0 Å². The van der Waals surface area contributed by atoms with E-state index in [0.29, 0.717) is 12.8 Å². The zero-order valence-electron chi connectivity index (χ0n) is 20.5. The molecule has 2 aliphatic rings. The summed E-state index contributed by atoms with van der Waals surface area (Å²) in [5.41, 5.74) is 0.190. The van der Waals surface area contributed by atoms with Gasteiger partial charge in [-0.15, -0.1) is 4.91 Å². The van der Waals surface area contributed by atoms with Crippen LogP contribution in [0.2, 0.25) is 0 Å². The highest BCUT2D eigenvalue weighted by Crippen LogP contribution is 2.32. The average Bonchev–Trinajstić information content (AvgIpc) is 2.83. The van der Waals surface area contributed by atoms with Crippen molar-refractivity contribution in [2.24, 2.45) is 5.29 Å². The van der Waals surface area contributed by atoms with Gasteiger partial charge in [-0.25, -0.2) is 9.80 Å². The lowest BCUT2D eigenvalue weighted by atomic mass is 9.86. The highest BCUT2D eigenvalue weighted by Gasteiger charge is 2.52. The summed E-state index contributed by atoms with van der Waals surface area (Å²) < 4.78 is 16.5. The van der Waals surface area contributed by atoms with E-state index in [1.54, 1.807) is 13.0 Å². The molecule has 1 fully saturated rings. The first kappa shape index (κ1) is 29.1. The van der Waals surface area contributed by atoms with Crippen molar-refractivity contribution in [2.75, 3.05) is 19.8 Å². The smallest absolute Gasteiger partial charge is 0.333 e. The topological polar surface area (TPSA) is 187 Å². The first-order valence-electron chi connectivity index (χ1n) is 11.8. The maximum Gasteiger partial charge on any atom is 0.333 e. The number of rotatable bonds is 11. The van der Waals surface area contributed by atoms with Crippen molar-refractivity contribution >= 4 is 11.9 Å². The van der Waals surface area contributed by atoms with Gasteiger partial charge in [0.25, 0.3) is 0 Å². The van der Waals surface area contributed by atoms with E-state index in [0.717, 1.165) is 5.01 Å². The summed E-state index contributed by atoms with van der Waals surface area (Å²) >= 11 is 0. The van der Waals surface area contributed by atoms with Crippen molar-refractivity contribution in [3.63, 3.8) is 0 Å². The lowest BCUT2D eigenvalue weighted by Gasteiger charge is -2.46. The summed E-state index contributed by atoms with van der Waals surface area (Å²) in [7, 11) is 0. The van der Waals surface area contributed by atoms with Gasteiger partial charge in [0.05, 0.1) is 49.3 Å². The highest BCUT2D eigenvalue weighted by molar-refractivity contribution is 5.89. The van der Waals surface area contributed by atoms with Gasteiger partial charge in [0.2, 0.25) is 11.7 Å². The molecule has 1 saturated heterocycles. The largest absolute Gasteiger partial charge is 0.463 e. The minimum Gasteiger partial charge on any atom is -0.463 e. The number of nitroso groups, excluding NO2 is 1. The van der Waals surface area contributed by atoms with Gasteiger partial charge in [-0.1, -0.05) is 13.8 Å². The van der Waals surface area contributed by atoms with Crippen molar-refractivity contribution in [3.05, 3.63) is 16.6 Å². The second kappa shape index (κ2) is 12.7. The van der Waals surface area contributed by atoms with Crippen LogP contribution in [-0.2, 0) is 23.8 Å². The van der Waals surface area contributed by atoms with Gasteiger partial charge in [-0.05, 0) is 25.8 Å². The van der Waals surface area contributed by atoms with Gasteiger partial charge >= 0.3 is 5.97 Å². The van der Waals surface area contributed by atoms with E-state index < -0.39 is 67.3 Å². The van der Waals surface area contributed by atoms with Gasteiger partial charge in [-0.3, -0.25) is 4.79 Å². The number of carbonyl (C=O) groups is 2. The number of aliphatic hydroxyl groups is 4. The summed E-state index contributed by atoms with van der Waals surface area (Å²) in [4.78, 5) is 36.6. The summed E-state index contributed by atoms with van der Waals surface area (Å²) in [5, 5.41) is 47.5. The highest BCUT2D eigenvalue weighted by atomic mass is 16.7. The first-order chi connectivity index (χ1) is 16.5. The number of carbonyl (C=O) groups excluding carboxylic acids is 2. The molecular formula is C22H37N3O10. The molecule has 13 nitrogen and oxygen atoms in total. The number of hydrogen-bond acceptors (Lipinski definition) is 11. The molecule has 0 bridgehead atoms. The Morgan fingerprint density at radius 1 is 1.29 bits per heavy atom. The molecule has 2 unspecified atom stereocenters. The van der Waals surface area contributed by atoms with E-state index in [2.05, 4.69) is 10.6 Å². The Bertz CT molecular complexity index is 777. The fraction of sp³-hybridized carbons (Fsp3) is 0.818. The van der Waals surface area contributed by atoms with E-state index in [9.17, 15) is 34.9 Å². The molecule has 1 heterocycles. The summed E-state index contributed by atoms with van der Waals surface area (Å²) in [6.45, 7) is 5.67. The predicted molar refractivity (Wildman–Crippen MR) is 121 cm³/mol. The Labute approximate surface area is 204 Å². The zero-order chi connectivity index (χ0) is 26.3. The Kier molecular flexibility index (Phi) is 10.5. The van der Waals surface area contributed by atoms with Gasteiger partial charge in [-0.2, -0.15) is 0 Å².